The number of carboxylic acids is 1. The van der Waals surface area contributed by atoms with Crippen LogP contribution in [-0.2, 0) is 4.79 Å². The van der Waals surface area contributed by atoms with E-state index in [0.717, 1.165) is 5.69 Å². The Labute approximate surface area is 106 Å². The smallest absolute Gasteiger partial charge is 0.305 e. The third-order valence-electron chi connectivity index (χ3n) is 2.77. The highest BCUT2D eigenvalue weighted by molar-refractivity contribution is 5.95. The summed E-state index contributed by atoms with van der Waals surface area (Å²) < 4.78 is 1.78. The zero-order valence-electron chi connectivity index (χ0n) is 11.2. The van der Waals surface area contributed by atoms with Crippen molar-refractivity contribution in [3.8, 4) is 0 Å². The lowest BCUT2D eigenvalue weighted by Crippen LogP contribution is -2.29. The number of nitrogens with zero attached hydrogens (tertiary/aromatic N) is 3. The summed E-state index contributed by atoms with van der Waals surface area (Å²) in [7, 11) is 1.59. The molecule has 0 saturated heterocycles. The van der Waals surface area contributed by atoms with Gasteiger partial charge < -0.3 is 10.0 Å². The Morgan fingerprint density at radius 1 is 1.50 bits per heavy atom. The van der Waals surface area contributed by atoms with Crippen LogP contribution in [-0.4, -0.2) is 45.3 Å². The maximum Gasteiger partial charge on any atom is 0.305 e. The Balaban J connectivity index is 2.81. The van der Waals surface area contributed by atoms with Crippen molar-refractivity contribution in [2.45, 2.75) is 33.2 Å². The number of hydrogen-bond acceptors (Lipinski definition) is 3. The molecule has 1 rings (SSSR count). The van der Waals surface area contributed by atoms with Gasteiger partial charge in [0.25, 0.3) is 5.91 Å². The predicted octanol–water partition coefficient (Wildman–Crippen LogP) is 1.32. The van der Waals surface area contributed by atoms with Crippen molar-refractivity contribution in [3.63, 3.8) is 0 Å². The molecule has 1 aromatic heterocycles. The van der Waals surface area contributed by atoms with Gasteiger partial charge in [-0.2, -0.15) is 5.10 Å². The third kappa shape index (κ3) is 3.09. The lowest BCUT2D eigenvalue weighted by molar-refractivity contribution is -0.137. The number of aliphatic carboxylic acids is 1. The average Bonchev–Trinajstić information content (AvgIpc) is 2.66. The molecule has 0 aliphatic carbocycles. The van der Waals surface area contributed by atoms with Crippen molar-refractivity contribution in [2.75, 3.05) is 13.6 Å². The lowest BCUT2D eigenvalue weighted by Gasteiger charge is -2.16. The van der Waals surface area contributed by atoms with E-state index in [4.69, 9.17) is 5.11 Å². The Bertz CT molecular complexity index is 451. The molecule has 100 valence electrons. The fourth-order valence-corrected chi connectivity index (χ4v) is 1.72. The monoisotopic (exact) mass is 253 g/mol. The van der Waals surface area contributed by atoms with Gasteiger partial charge in [0.1, 0.15) is 0 Å². The van der Waals surface area contributed by atoms with Gasteiger partial charge in [0, 0.05) is 25.3 Å². The molecule has 0 atom stereocenters. The zero-order chi connectivity index (χ0) is 13.9. The number of rotatable bonds is 5. The van der Waals surface area contributed by atoms with Crippen LogP contribution in [0, 0.1) is 6.92 Å². The lowest BCUT2D eigenvalue weighted by atomic mass is 10.2. The molecule has 6 heteroatoms. The molecule has 1 N–H and O–H groups in total. The van der Waals surface area contributed by atoms with Crippen molar-refractivity contribution >= 4 is 11.9 Å². The van der Waals surface area contributed by atoms with E-state index in [1.807, 2.05) is 20.8 Å². The topological polar surface area (TPSA) is 75.4 Å². The van der Waals surface area contributed by atoms with Gasteiger partial charge >= 0.3 is 5.97 Å². The van der Waals surface area contributed by atoms with Crippen molar-refractivity contribution in [1.29, 1.82) is 0 Å². The highest BCUT2D eigenvalue weighted by Gasteiger charge is 2.19. The van der Waals surface area contributed by atoms with Crippen LogP contribution in [0.2, 0.25) is 0 Å². The van der Waals surface area contributed by atoms with Crippen LogP contribution in [0.4, 0.5) is 0 Å². The number of carbonyl (C=O) groups is 2. The molecule has 0 radical (unpaired) electrons. The van der Waals surface area contributed by atoms with E-state index in [0.29, 0.717) is 5.56 Å². The molecular formula is C12H19N3O3. The van der Waals surface area contributed by atoms with Gasteiger partial charge in [-0.05, 0) is 20.8 Å². The SMILES string of the molecule is Cc1c(C(=O)N(C)CCC(=O)O)cnn1C(C)C. The number of carbonyl (C=O) groups excluding carboxylic acids is 1. The highest BCUT2D eigenvalue weighted by Crippen LogP contribution is 2.14. The first-order valence-corrected chi connectivity index (χ1v) is 5.86. The van der Waals surface area contributed by atoms with E-state index < -0.39 is 5.97 Å². The van der Waals surface area contributed by atoms with E-state index in [9.17, 15) is 9.59 Å². The van der Waals surface area contributed by atoms with Gasteiger partial charge in [-0.3, -0.25) is 14.3 Å². The number of carboxylic acid groups (broad SMARTS) is 1. The molecule has 0 unspecified atom stereocenters. The van der Waals surface area contributed by atoms with Crippen LogP contribution in [0.5, 0.6) is 0 Å². The van der Waals surface area contributed by atoms with E-state index in [2.05, 4.69) is 5.10 Å². The largest absolute Gasteiger partial charge is 0.481 e. The van der Waals surface area contributed by atoms with Crippen LogP contribution in [0.15, 0.2) is 6.20 Å². The number of amides is 1. The normalized spacial score (nSPS) is 10.7. The summed E-state index contributed by atoms with van der Waals surface area (Å²) in [4.78, 5) is 24.0. The maximum atomic E-state index is 12.1. The van der Waals surface area contributed by atoms with Gasteiger partial charge in [-0.25, -0.2) is 0 Å². The zero-order valence-corrected chi connectivity index (χ0v) is 11.2. The quantitative estimate of drug-likeness (QED) is 0.858. The van der Waals surface area contributed by atoms with E-state index >= 15 is 0 Å². The number of hydrogen-bond donors (Lipinski definition) is 1. The van der Waals surface area contributed by atoms with Crippen molar-refractivity contribution in [3.05, 3.63) is 17.5 Å². The van der Waals surface area contributed by atoms with Gasteiger partial charge in [0.05, 0.1) is 18.2 Å². The second kappa shape index (κ2) is 5.66. The minimum absolute atomic E-state index is 0.0559. The maximum absolute atomic E-state index is 12.1. The Morgan fingerprint density at radius 2 is 2.11 bits per heavy atom. The first-order chi connectivity index (χ1) is 8.34. The van der Waals surface area contributed by atoms with Gasteiger partial charge in [0.15, 0.2) is 0 Å². The minimum Gasteiger partial charge on any atom is -0.481 e. The molecule has 0 aliphatic heterocycles. The Kier molecular flexibility index (Phi) is 4.47. The van der Waals surface area contributed by atoms with E-state index in [1.165, 1.54) is 11.1 Å². The summed E-state index contributed by atoms with van der Waals surface area (Å²) in [6.07, 6.45) is 1.48. The molecule has 0 spiro atoms. The van der Waals surface area contributed by atoms with E-state index in [-0.39, 0.29) is 24.9 Å². The second-order valence-corrected chi connectivity index (χ2v) is 4.55. The highest BCUT2D eigenvalue weighted by atomic mass is 16.4. The summed E-state index contributed by atoms with van der Waals surface area (Å²) in [6, 6.07) is 0.191. The first kappa shape index (κ1) is 14.2. The van der Waals surface area contributed by atoms with Crippen molar-refractivity contribution < 1.29 is 14.7 Å². The van der Waals surface area contributed by atoms with Crippen molar-refractivity contribution in [1.82, 2.24) is 14.7 Å². The molecule has 1 amide bonds. The van der Waals surface area contributed by atoms with Gasteiger partial charge in [0.2, 0.25) is 0 Å². The predicted molar refractivity (Wildman–Crippen MR) is 66.6 cm³/mol. The summed E-state index contributed by atoms with van der Waals surface area (Å²) >= 11 is 0. The molecular weight excluding hydrogens is 234 g/mol. The Hall–Kier alpha value is -1.85. The van der Waals surface area contributed by atoms with Crippen LogP contribution in [0.1, 0.15) is 42.4 Å². The standard InChI is InChI=1S/C12H19N3O3/c1-8(2)15-9(3)10(7-13-15)12(18)14(4)6-5-11(16)17/h7-8H,5-6H2,1-4H3,(H,16,17). The first-order valence-electron chi connectivity index (χ1n) is 5.86. The van der Waals surface area contributed by atoms with Crippen LogP contribution in [0.25, 0.3) is 0 Å². The third-order valence-corrected chi connectivity index (χ3v) is 2.77. The molecule has 0 bridgehead atoms. The molecule has 0 fully saturated rings. The van der Waals surface area contributed by atoms with E-state index in [1.54, 1.807) is 11.7 Å². The summed E-state index contributed by atoms with van der Waals surface area (Å²) in [6.45, 7) is 6.01. The molecule has 0 aromatic carbocycles. The molecule has 6 nitrogen and oxygen atoms in total. The van der Waals surface area contributed by atoms with Crippen LogP contribution in [0.3, 0.4) is 0 Å². The molecule has 1 heterocycles. The fourth-order valence-electron chi connectivity index (χ4n) is 1.72. The summed E-state index contributed by atoms with van der Waals surface area (Å²) in [5, 5.41) is 12.8. The summed E-state index contributed by atoms with van der Waals surface area (Å²) in [5.41, 5.74) is 1.33. The van der Waals surface area contributed by atoms with Crippen LogP contribution >= 0.6 is 0 Å². The van der Waals surface area contributed by atoms with Gasteiger partial charge in [-0.1, -0.05) is 0 Å². The average molecular weight is 253 g/mol. The fraction of sp³-hybridized carbons (Fsp3) is 0.583. The van der Waals surface area contributed by atoms with Gasteiger partial charge in [-0.15, -0.1) is 0 Å². The van der Waals surface area contributed by atoms with Crippen molar-refractivity contribution in [2.24, 2.45) is 0 Å². The molecule has 1 aromatic rings. The Morgan fingerprint density at radius 3 is 2.56 bits per heavy atom. The summed E-state index contributed by atoms with van der Waals surface area (Å²) in [5.74, 6) is -1.11. The minimum atomic E-state index is -0.913. The molecule has 0 saturated carbocycles. The second-order valence-electron chi connectivity index (χ2n) is 4.55. The number of aromatic nitrogens is 2. The molecule has 18 heavy (non-hydrogen) atoms. The van der Waals surface area contributed by atoms with Crippen LogP contribution < -0.4 is 0 Å². The molecule has 0 aliphatic rings.